The second-order valence-electron chi connectivity index (χ2n) is 6.31. The molecule has 0 radical (unpaired) electrons. The van der Waals surface area contributed by atoms with Gasteiger partial charge in [0.25, 0.3) is 0 Å². The lowest BCUT2D eigenvalue weighted by molar-refractivity contribution is 0.221. The topological polar surface area (TPSA) is 58.4 Å². The Morgan fingerprint density at radius 2 is 2.35 bits per heavy atom. The molecule has 0 saturated carbocycles. The molecule has 6 heteroatoms. The third kappa shape index (κ3) is 3.69. The van der Waals surface area contributed by atoms with Gasteiger partial charge in [-0.2, -0.15) is 11.8 Å². The molecule has 1 N–H and O–H groups in total. The molecule has 1 unspecified atom stereocenters. The first-order valence-electron chi connectivity index (χ1n) is 6.92. The van der Waals surface area contributed by atoms with Gasteiger partial charge in [0.2, 0.25) is 0 Å². The van der Waals surface area contributed by atoms with E-state index in [1.54, 1.807) is 6.07 Å². The van der Waals surface area contributed by atoms with Crippen molar-refractivity contribution >= 4 is 23.6 Å². The fourth-order valence-electron chi connectivity index (χ4n) is 2.27. The lowest BCUT2D eigenvalue weighted by Crippen LogP contribution is -2.33. The van der Waals surface area contributed by atoms with E-state index in [1.807, 2.05) is 37.4 Å². The van der Waals surface area contributed by atoms with Crippen LogP contribution in [-0.4, -0.2) is 41.2 Å². The molecule has 112 valence electrons. The number of hydrogen-bond donors (Lipinski definition) is 1. The Bertz CT molecular complexity index is 467. The van der Waals surface area contributed by atoms with Gasteiger partial charge in [0.05, 0.1) is 0 Å². The van der Waals surface area contributed by atoms with Crippen molar-refractivity contribution < 1.29 is 9.32 Å². The van der Waals surface area contributed by atoms with E-state index in [1.165, 1.54) is 0 Å². The molecule has 0 spiro atoms. The van der Waals surface area contributed by atoms with E-state index in [-0.39, 0.29) is 11.4 Å². The minimum absolute atomic E-state index is 0.0811. The number of nitrogens with zero attached hydrogens (tertiary/aromatic N) is 2. The zero-order valence-corrected chi connectivity index (χ0v) is 13.4. The first-order chi connectivity index (χ1) is 9.40. The molecule has 1 aliphatic rings. The van der Waals surface area contributed by atoms with Gasteiger partial charge >= 0.3 is 6.03 Å². The number of nitrogens with one attached hydrogen (secondary N) is 1. The van der Waals surface area contributed by atoms with Crippen molar-refractivity contribution in [3.05, 3.63) is 11.8 Å². The Kier molecular flexibility index (Phi) is 4.62. The van der Waals surface area contributed by atoms with Gasteiger partial charge in [-0.25, -0.2) is 4.79 Å². The molecule has 0 bridgehead atoms. The van der Waals surface area contributed by atoms with E-state index in [4.69, 9.17) is 4.52 Å². The molecule has 5 nitrogen and oxygen atoms in total. The maximum Gasteiger partial charge on any atom is 0.323 e. The number of likely N-dealkylation sites (tertiary alicyclic amines) is 1. The molecule has 1 atom stereocenters. The summed E-state index contributed by atoms with van der Waals surface area (Å²) in [5.74, 6) is 2.99. The number of amides is 2. The second kappa shape index (κ2) is 6.08. The summed E-state index contributed by atoms with van der Waals surface area (Å²) < 4.78 is 5.27. The SMILES string of the molecule is CSCC1CCN(C(=O)Nc2cc(C(C)(C)C)on2)C1. The molecule has 1 aromatic rings. The molecule has 2 amide bonds. The Hall–Kier alpha value is -1.17. The highest BCUT2D eigenvalue weighted by Gasteiger charge is 2.27. The lowest BCUT2D eigenvalue weighted by Gasteiger charge is -2.16. The van der Waals surface area contributed by atoms with Gasteiger partial charge in [-0.05, 0) is 24.3 Å². The Morgan fingerprint density at radius 1 is 1.60 bits per heavy atom. The second-order valence-corrected chi connectivity index (χ2v) is 7.22. The van der Waals surface area contributed by atoms with Crippen LogP contribution < -0.4 is 5.32 Å². The number of aromatic nitrogens is 1. The van der Waals surface area contributed by atoms with Gasteiger partial charge in [0.15, 0.2) is 5.82 Å². The van der Waals surface area contributed by atoms with E-state index >= 15 is 0 Å². The Morgan fingerprint density at radius 3 is 2.95 bits per heavy atom. The molecule has 0 aliphatic carbocycles. The summed E-state index contributed by atoms with van der Waals surface area (Å²) in [6, 6.07) is 1.72. The van der Waals surface area contributed by atoms with Gasteiger partial charge < -0.3 is 9.42 Å². The summed E-state index contributed by atoms with van der Waals surface area (Å²) in [7, 11) is 0. The maximum absolute atomic E-state index is 12.1. The van der Waals surface area contributed by atoms with E-state index in [9.17, 15) is 4.79 Å². The van der Waals surface area contributed by atoms with Crippen molar-refractivity contribution in [2.45, 2.75) is 32.6 Å². The molecule has 1 aromatic heterocycles. The summed E-state index contributed by atoms with van der Waals surface area (Å²) in [5.41, 5.74) is -0.104. The largest absolute Gasteiger partial charge is 0.359 e. The molecule has 1 aliphatic heterocycles. The molecule has 1 saturated heterocycles. The van der Waals surface area contributed by atoms with Gasteiger partial charge in [-0.3, -0.25) is 5.32 Å². The van der Waals surface area contributed by atoms with Crippen LogP contribution in [0.25, 0.3) is 0 Å². The highest BCUT2D eigenvalue weighted by molar-refractivity contribution is 7.98. The number of anilines is 1. The van der Waals surface area contributed by atoms with Crippen molar-refractivity contribution in [1.82, 2.24) is 10.1 Å². The fraction of sp³-hybridized carbons (Fsp3) is 0.714. The number of urea groups is 1. The average molecular weight is 297 g/mol. The van der Waals surface area contributed by atoms with E-state index in [0.717, 1.165) is 31.0 Å². The third-order valence-corrected chi connectivity index (χ3v) is 4.26. The van der Waals surface area contributed by atoms with Crippen LogP contribution in [0.1, 0.15) is 33.0 Å². The highest BCUT2D eigenvalue weighted by Crippen LogP contribution is 2.25. The number of thioether (sulfide) groups is 1. The first-order valence-corrected chi connectivity index (χ1v) is 8.31. The molecule has 0 aromatic carbocycles. The smallest absolute Gasteiger partial charge is 0.323 e. The van der Waals surface area contributed by atoms with Gasteiger partial charge in [-0.15, -0.1) is 0 Å². The summed E-state index contributed by atoms with van der Waals surface area (Å²) >= 11 is 1.84. The van der Waals surface area contributed by atoms with Crippen LogP contribution in [0, 0.1) is 5.92 Å². The highest BCUT2D eigenvalue weighted by atomic mass is 32.2. The van der Waals surface area contributed by atoms with Crippen molar-refractivity contribution in [3.63, 3.8) is 0 Å². The molecular weight excluding hydrogens is 274 g/mol. The summed E-state index contributed by atoms with van der Waals surface area (Å²) in [6.45, 7) is 7.80. The van der Waals surface area contributed by atoms with Crippen molar-refractivity contribution in [1.29, 1.82) is 0 Å². The lowest BCUT2D eigenvalue weighted by atomic mass is 9.93. The van der Waals surface area contributed by atoms with E-state index in [0.29, 0.717) is 11.7 Å². The minimum Gasteiger partial charge on any atom is -0.359 e. The fourth-order valence-corrected chi connectivity index (χ4v) is 3.01. The van der Waals surface area contributed by atoms with Gasteiger partial charge in [0.1, 0.15) is 5.76 Å². The predicted molar refractivity (Wildman–Crippen MR) is 82.3 cm³/mol. The normalized spacial score (nSPS) is 19.4. The zero-order chi connectivity index (χ0) is 14.8. The minimum atomic E-state index is -0.104. The average Bonchev–Trinajstić information content (AvgIpc) is 2.97. The van der Waals surface area contributed by atoms with Crippen LogP contribution in [0.2, 0.25) is 0 Å². The van der Waals surface area contributed by atoms with Gasteiger partial charge in [0, 0.05) is 24.6 Å². The molecule has 2 heterocycles. The quantitative estimate of drug-likeness (QED) is 0.931. The maximum atomic E-state index is 12.1. The van der Waals surface area contributed by atoms with Gasteiger partial charge in [-0.1, -0.05) is 25.9 Å². The Labute approximate surface area is 124 Å². The van der Waals surface area contributed by atoms with E-state index < -0.39 is 0 Å². The van der Waals surface area contributed by atoms with Crippen molar-refractivity contribution in [3.8, 4) is 0 Å². The number of carbonyl (C=O) groups is 1. The van der Waals surface area contributed by atoms with Crippen LogP contribution in [0.15, 0.2) is 10.6 Å². The number of hydrogen-bond acceptors (Lipinski definition) is 4. The molecular formula is C14H23N3O2S. The molecule has 2 rings (SSSR count). The van der Waals surface area contributed by atoms with Crippen LogP contribution in [0.5, 0.6) is 0 Å². The predicted octanol–water partition coefficient (Wildman–Crippen LogP) is 3.19. The Balaban J connectivity index is 1.90. The standard InChI is InChI=1S/C14H23N3O2S/c1-14(2,3)11-7-12(16-19-11)15-13(18)17-6-5-10(8-17)9-20-4/h7,10H,5-6,8-9H2,1-4H3,(H,15,16,18). The zero-order valence-electron chi connectivity index (χ0n) is 12.6. The third-order valence-electron chi connectivity index (χ3n) is 3.46. The van der Waals surface area contributed by atoms with E-state index in [2.05, 4.69) is 16.7 Å². The first kappa shape index (κ1) is 15.2. The van der Waals surface area contributed by atoms with Crippen LogP contribution in [0.4, 0.5) is 10.6 Å². The molecule has 1 fully saturated rings. The van der Waals surface area contributed by atoms with Crippen LogP contribution in [-0.2, 0) is 5.41 Å². The number of rotatable bonds is 3. The summed E-state index contributed by atoms with van der Waals surface area (Å²) in [6.07, 6.45) is 3.19. The van der Waals surface area contributed by atoms with Crippen LogP contribution in [0.3, 0.4) is 0 Å². The van der Waals surface area contributed by atoms with Crippen molar-refractivity contribution in [2.24, 2.45) is 5.92 Å². The number of carbonyl (C=O) groups excluding carboxylic acids is 1. The van der Waals surface area contributed by atoms with Crippen molar-refractivity contribution in [2.75, 3.05) is 30.4 Å². The monoisotopic (exact) mass is 297 g/mol. The van der Waals surface area contributed by atoms with Crippen LogP contribution >= 0.6 is 11.8 Å². The summed E-state index contributed by atoms with van der Waals surface area (Å²) in [4.78, 5) is 14.0. The summed E-state index contributed by atoms with van der Waals surface area (Å²) in [5, 5.41) is 6.73. The molecule has 20 heavy (non-hydrogen) atoms.